The number of hydrogen-bond donors (Lipinski definition) is 0. The second-order valence-electron chi connectivity index (χ2n) is 1.82. The van der Waals surface area contributed by atoms with Crippen molar-refractivity contribution in [1.82, 2.24) is 0 Å². The van der Waals surface area contributed by atoms with Gasteiger partial charge in [-0.2, -0.15) is 0 Å². The zero-order valence-corrected chi connectivity index (χ0v) is 6.34. The molecule has 0 heterocycles. The van der Waals surface area contributed by atoms with Gasteiger partial charge in [0.25, 0.3) is 0 Å². The smallest absolute Gasteiger partial charge is 0.0450 e. The fraction of sp³-hybridized carbons (Fsp3) is 0.143. The molecule has 1 aliphatic carbocycles. The summed E-state index contributed by atoms with van der Waals surface area (Å²) in [4.78, 5) is 0. The summed E-state index contributed by atoms with van der Waals surface area (Å²) in [6, 6.07) is 0. The molecule has 0 saturated carbocycles. The van der Waals surface area contributed by atoms with Crippen molar-refractivity contribution in [3.63, 3.8) is 0 Å². The van der Waals surface area contributed by atoms with Gasteiger partial charge >= 0.3 is 0 Å². The van der Waals surface area contributed by atoms with Crippen molar-refractivity contribution in [1.29, 1.82) is 0 Å². The van der Waals surface area contributed by atoms with Crippen LogP contribution in [0.4, 0.5) is 0 Å². The lowest BCUT2D eigenvalue weighted by Crippen LogP contribution is -1.86. The Bertz CT molecular complexity index is 179. The number of allylic oxidation sites excluding steroid dienone is 5. The highest BCUT2D eigenvalue weighted by Crippen LogP contribution is 2.28. The van der Waals surface area contributed by atoms with Crippen LogP contribution >= 0.6 is 23.2 Å². The van der Waals surface area contributed by atoms with Gasteiger partial charge in [0.2, 0.25) is 0 Å². The van der Waals surface area contributed by atoms with E-state index in [1.807, 2.05) is 12.2 Å². The summed E-state index contributed by atoms with van der Waals surface area (Å²) >= 11 is 11.4. The van der Waals surface area contributed by atoms with E-state index in [1.54, 1.807) is 0 Å². The molecule has 0 aliphatic heterocycles. The largest absolute Gasteiger partial charge is 0.0888 e. The number of halogens is 2. The average molecular weight is 161 g/mol. The molecule has 0 atom stereocenters. The topological polar surface area (TPSA) is 0 Å². The first-order valence-corrected chi connectivity index (χ1v) is 3.38. The van der Waals surface area contributed by atoms with Gasteiger partial charge in [-0.25, -0.2) is 0 Å². The molecule has 0 bridgehead atoms. The van der Waals surface area contributed by atoms with Crippen molar-refractivity contribution in [3.8, 4) is 0 Å². The van der Waals surface area contributed by atoms with Gasteiger partial charge < -0.3 is 0 Å². The van der Waals surface area contributed by atoms with Gasteiger partial charge in [0, 0.05) is 15.6 Å². The minimum absolute atomic E-state index is 0.669. The molecule has 0 N–H and O–H groups in total. The second-order valence-corrected chi connectivity index (χ2v) is 2.63. The van der Waals surface area contributed by atoms with Gasteiger partial charge in [0.15, 0.2) is 0 Å². The molecule has 2 heteroatoms. The zero-order chi connectivity index (χ0) is 6.85. The minimum atomic E-state index is 0.669. The first-order chi connectivity index (χ1) is 4.22. The Morgan fingerprint density at radius 1 is 1.22 bits per heavy atom. The fourth-order valence-corrected chi connectivity index (χ4v) is 1.06. The molecule has 0 aromatic rings. The Balaban J connectivity index is 2.86. The molecule has 0 saturated heterocycles. The van der Waals surface area contributed by atoms with E-state index in [4.69, 9.17) is 23.2 Å². The summed E-state index contributed by atoms with van der Waals surface area (Å²) in [6.07, 6.45) is 4.59. The van der Waals surface area contributed by atoms with E-state index in [9.17, 15) is 0 Å². The van der Waals surface area contributed by atoms with Gasteiger partial charge in [0.1, 0.15) is 0 Å². The van der Waals surface area contributed by atoms with Crippen LogP contribution in [0.15, 0.2) is 34.4 Å². The summed E-state index contributed by atoms with van der Waals surface area (Å²) in [5.74, 6) is 0. The van der Waals surface area contributed by atoms with Crippen molar-refractivity contribution >= 4 is 23.2 Å². The minimum Gasteiger partial charge on any atom is -0.0888 e. The Morgan fingerprint density at radius 2 is 1.67 bits per heavy atom. The molecular weight excluding hydrogens is 155 g/mol. The van der Waals surface area contributed by atoms with Crippen LogP contribution in [-0.4, -0.2) is 0 Å². The van der Waals surface area contributed by atoms with Crippen LogP contribution in [0.5, 0.6) is 0 Å². The Kier molecular flexibility index (Phi) is 1.99. The highest BCUT2D eigenvalue weighted by molar-refractivity contribution is 6.38. The lowest BCUT2D eigenvalue weighted by Gasteiger charge is -2.06. The molecular formula is C7H6Cl2. The maximum Gasteiger partial charge on any atom is 0.0450 e. The van der Waals surface area contributed by atoms with Crippen molar-refractivity contribution in [2.45, 2.75) is 6.42 Å². The SMILES string of the molecule is C=C1C(Cl)=CCC=C1Cl. The molecule has 0 aromatic heterocycles. The van der Waals surface area contributed by atoms with Crippen LogP contribution in [0.3, 0.4) is 0 Å². The van der Waals surface area contributed by atoms with Crippen LogP contribution < -0.4 is 0 Å². The molecule has 1 rings (SSSR count). The molecule has 0 radical (unpaired) electrons. The highest BCUT2D eigenvalue weighted by atomic mass is 35.5. The summed E-state index contributed by atoms with van der Waals surface area (Å²) < 4.78 is 0. The summed E-state index contributed by atoms with van der Waals surface area (Å²) in [6.45, 7) is 3.68. The Morgan fingerprint density at radius 3 is 2.00 bits per heavy atom. The third-order valence-corrected chi connectivity index (χ3v) is 1.94. The van der Waals surface area contributed by atoms with Crippen LogP contribution in [-0.2, 0) is 0 Å². The Hall–Kier alpha value is -0.200. The quantitative estimate of drug-likeness (QED) is 0.511. The lowest BCUT2D eigenvalue weighted by molar-refractivity contribution is 1.31. The third kappa shape index (κ3) is 1.38. The Labute approximate surface area is 64.5 Å². The molecule has 0 spiro atoms. The van der Waals surface area contributed by atoms with Crippen molar-refractivity contribution < 1.29 is 0 Å². The molecule has 0 amide bonds. The molecule has 0 nitrogen and oxygen atoms in total. The van der Waals surface area contributed by atoms with Crippen LogP contribution in [0.25, 0.3) is 0 Å². The van der Waals surface area contributed by atoms with E-state index in [0.29, 0.717) is 10.1 Å². The van der Waals surface area contributed by atoms with Gasteiger partial charge in [-0.1, -0.05) is 41.9 Å². The number of hydrogen-bond acceptors (Lipinski definition) is 0. The average Bonchev–Trinajstić information content (AvgIpc) is 1.83. The van der Waals surface area contributed by atoms with E-state index in [1.165, 1.54) is 0 Å². The standard InChI is InChI=1S/C7H6Cl2/c1-5-6(8)3-2-4-7(5)9/h3-4H,1-2H2. The first-order valence-electron chi connectivity index (χ1n) is 2.63. The van der Waals surface area contributed by atoms with E-state index in [0.717, 1.165) is 12.0 Å². The van der Waals surface area contributed by atoms with Crippen molar-refractivity contribution in [3.05, 3.63) is 34.4 Å². The van der Waals surface area contributed by atoms with Crippen LogP contribution in [0.2, 0.25) is 0 Å². The van der Waals surface area contributed by atoms with Crippen molar-refractivity contribution in [2.24, 2.45) is 0 Å². The third-order valence-electron chi connectivity index (χ3n) is 1.17. The monoisotopic (exact) mass is 160 g/mol. The predicted molar refractivity (Wildman–Crippen MR) is 41.6 cm³/mol. The molecule has 1 aliphatic rings. The lowest BCUT2D eigenvalue weighted by atomic mass is 10.1. The normalized spacial score (nSPS) is 19.1. The summed E-state index contributed by atoms with van der Waals surface area (Å²) in [5, 5.41) is 1.34. The van der Waals surface area contributed by atoms with Gasteiger partial charge in [-0.15, -0.1) is 0 Å². The highest BCUT2D eigenvalue weighted by Gasteiger charge is 2.06. The summed E-state index contributed by atoms with van der Waals surface area (Å²) in [7, 11) is 0. The molecule has 48 valence electrons. The van der Waals surface area contributed by atoms with Gasteiger partial charge in [-0.3, -0.25) is 0 Å². The maximum atomic E-state index is 5.70. The predicted octanol–water partition coefficient (Wildman–Crippen LogP) is 3.19. The molecule has 0 aromatic carbocycles. The van der Waals surface area contributed by atoms with E-state index in [-0.39, 0.29) is 0 Å². The molecule has 0 fully saturated rings. The second kappa shape index (κ2) is 2.59. The summed E-state index contributed by atoms with van der Waals surface area (Å²) in [5.41, 5.74) is 0.726. The van der Waals surface area contributed by atoms with Crippen LogP contribution in [0.1, 0.15) is 6.42 Å². The molecule has 0 unspecified atom stereocenters. The first kappa shape index (κ1) is 6.91. The fourth-order valence-electron chi connectivity index (χ4n) is 0.626. The molecule has 9 heavy (non-hydrogen) atoms. The van der Waals surface area contributed by atoms with Gasteiger partial charge in [-0.05, 0) is 6.42 Å². The van der Waals surface area contributed by atoms with Gasteiger partial charge in [0.05, 0.1) is 0 Å². The maximum absolute atomic E-state index is 5.70. The van der Waals surface area contributed by atoms with E-state index in [2.05, 4.69) is 6.58 Å². The van der Waals surface area contributed by atoms with Crippen molar-refractivity contribution in [2.75, 3.05) is 0 Å². The van der Waals surface area contributed by atoms with Crippen LogP contribution in [0, 0.1) is 0 Å². The van der Waals surface area contributed by atoms with E-state index < -0.39 is 0 Å². The van der Waals surface area contributed by atoms with E-state index >= 15 is 0 Å². The zero-order valence-electron chi connectivity index (χ0n) is 4.82. The number of rotatable bonds is 0.